The second-order valence-corrected chi connectivity index (χ2v) is 6.25. The molecule has 26 heavy (non-hydrogen) atoms. The Morgan fingerprint density at radius 1 is 1.42 bits per heavy atom. The summed E-state index contributed by atoms with van der Waals surface area (Å²) in [5, 5.41) is 10.6. The summed E-state index contributed by atoms with van der Waals surface area (Å²) < 4.78 is 13.1. The number of benzene rings is 1. The van der Waals surface area contributed by atoms with Gasteiger partial charge in [-0.05, 0) is 26.0 Å². The maximum absolute atomic E-state index is 5.86. The molecule has 1 unspecified atom stereocenters. The number of ether oxygens (including phenoxy) is 2. The maximum atomic E-state index is 5.86. The van der Waals surface area contributed by atoms with Crippen molar-refractivity contribution >= 4 is 5.96 Å². The molecule has 0 radical (unpaired) electrons. The zero-order valence-electron chi connectivity index (χ0n) is 15.7. The van der Waals surface area contributed by atoms with Gasteiger partial charge >= 0.3 is 0 Å². The molecule has 0 saturated carbocycles. The molecule has 1 aromatic heterocycles. The molecule has 2 heterocycles. The third kappa shape index (κ3) is 4.07. The minimum Gasteiger partial charge on any atom is -0.496 e. The lowest BCUT2D eigenvalue weighted by Gasteiger charge is -2.13. The van der Waals surface area contributed by atoms with Crippen molar-refractivity contribution in [2.24, 2.45) is 12.0 Å². The first-order chi connectivity index (χ1) is 12.6. The number of methoxy groups -OCH3 is 1. The molecular weight excluding hydrogens is 332 g/mol. The summed E-state index contributed by atoms with van der Waals surface area (Å²) in [6.07, 6.45) is 2.66. The fraction of sp³-hybridized carbons (Fsp3) is 0.500. The van der Waals surface area contributed by atoms with Crippen molar-refractivity contribution < 1.29 is 9.47 Å². The van der Waals surface area contributed by atoms with Crippen molar-refractivity contribution in [2.75, 3.05) is 13.7 Å². The molecule has 1 aromatic carbocycles. The van der Waals surface area contributed by atoms with E-state index in [2.05, 4.69) is 38.7 Å². The van der Waals surface area contributed by atoms with Crippen LogP contribution >= 0.6 is 0 Å². The van der Waals surface area contributed by atoms with Gasteiger partial charge in [0.15, 0.2) is 5.96 Å². The van der Waals surface area contributed by atoms with E-state index in [-0.39, 0.29) is 6.10 Å². The summed E-state index contributed by atoms with van der Waals surface area (Å²) in [6.45, 7) is 5.91. The third-order valence-electron chi connectivity index (χ3n) is 4.27. The summed E-state index contributed by atoms with van der Waals surface area (Å²) >= 11 is 0. The van der Waals surface area contributed by atoms with Gasteiger partial charge in [0.25, 0.3) is 0 Å². The predicted octanol–water partition coefficient (Wildman–Crippen LogP) is 1.40. The summed E-state index contributed by atoms with van der Waals surface area (Å²) in [4.78, 5) is 8.88. The molecule has 1 aliphatic heterocycles. The third-order valence-corrected chi connectivity index (χ3v) is 4.27. The van der Waals surface area contributed by atoms with Crippen LogP contribution in [0.3, 0.4) is 0 Å². The van der Waals surface area contributed by atoms with Gasteiger partial charge in [-0.1, -0.05) is 0 Å². The van der Waals surface area contributed by atoms with Crippen molar-refractivity contribution in [3.05, 3.63) is 35.4 Å². The fourth-order valence-corrected chi connectivity index (χ4v) is 2.94. The van der Waals surface area contributed by atoms with Crippen LogP contribution in [0.25, 0.3) is 0 Å². The molecule has 1 atom stereocenters. The molecule has 8 heteroatoms. The topological polar surface area (TPSA) is 85.6 Å². The molecule has 0 bridgehead atoms. The van der Waals surface area contributed by atoms with Crippen LogP contribution in [-0.2, 0) is 26.6 Å². The van der Waals surface area contributed by atoms with Crippen LogP contribution in [0.1, 0.15) is 30.8 Å². The molecule has 8 nitrogen and oxygen atoms in total. The lowest BCUT2D eigenvalue weighted by molar-refractivity contribution is 0.254. The number of hydrogen-bond donors (Lipinski definition) is 2. The van der Waals surface area contributed by atoms with E-state index < -0.39 is 0 Å². The maximum Gasteiger partial charge on any atom is 0.191 e. The highest BCUT2D eigenvalue weighted by Gasteiger charge is 2.21. The SMILES string of the molecule is CCNC(=NCc1cc2c(cc1OC)CC(C)O2)NCc1ncnn1C. The van der Waals surface area contributed by atoms with E-state index in [1.807, 2.05) is 20.0 Å². The van der Waals surface area contributed by atoms with E-state index in [9.17, 15) is 0 Å². The molecule has 2 aromatic rings. The number of aryl methyl sites for hydroxylation is 1. The van der Waals surface area contributed by atoms with Gasteiger partial charge in [-0.2, -0.15) is 5.10 Å². The summed E-state index contributed by atoms with van der Waals surface area (Å²) in [7, 11) is 3.55. The Morgan fingerprint density at radius 3 is 2.96 bits per heavy atom. The van der Waals surface area contributed by atoms with E-state index in [1.54, 1.807) is 11.8 Å². The van der Waals surface area contributed by atoms with Crippen molar-refractivity contribution in [1.29, 1.82) is 0 Å². The number of hydrogen-bond acceptors (Lipinski definition) is 5. The number of rotatable bonds is 6. The normalized spacial score (nSPS) is 16.2. The Balaban J connectivity index is 1.73. The van der Waals surface area contributed by atoms with E-state index in [1.165, 1.54) is 11.9 Å². The van der Waals surface area contributed by atoms with Gasteiger partial charge < -0.3 is 20.1 Å². The molecule has 2 N–H and O–H groups in total. The number of aliphatic imine (C=N–C) groups is 1. The molecule has 0 spiro atoms. The first kappa shape index (κ1) is 18.0. The van der Waals surface area contributed by atoms with Gasteiger partial charge in [-0.15, -0.1) is 0 Å². The molecule has 140 valence electrons. The van der Waals surface area contributed by atoms with E-state index in [4.69, 9.17) is 9.47 Å². The van der Waals surface area contributed by atoms with Gasteiger partial charge in [-0.3, -0.25) is 4.68 Å². The van der Waals surface area contributed by atoms with Crippen LogP contribution < -0.4 is 20.1 Å². The molecule has 0 fully saturated rings. The first-order valence-corrected chi connectivity index (χ1v) is 8.82. The summed E-state index contributed by atoms with van der Waals surface area (Å²) in [6, 6.07) is 4.09. The lowest BCUT2D eigenvalue weighted by atomic mass is 10.1. The quantitative estimate of drug-likeness (QED) is 0.600. The fourth-order valence-electron chi connectivity index (χ4n) is 2.94. The number of fused-ring (bicyclic) bond motifs is 1. The van der Waals surface area contributed by atoms with Gasteiger partial charge in [0, 0.05) is 31.1 Å². The van der Waals surface area contributed by atoms with Crippen LogP contribution in [0.5, 0.6) is 11.5 Å². The highest BCUT2D eigenvalue weighted by molar-refractivity contribution is 5.79. The number of nitrogens with one attached hydrogen (secondary N) is 2. The number of guanidine groups is 1. The van der Waals surface area contributed by atoms with Crippen LogP contribution in [-0.4, -0.2) is 40.5 Å². The molecule has 0 aliphatic carbocycles. The van der Waals surface area contributed by atoms with Crippen LogP contribution in [0, 0.1) is 0 Å². The Kier molecular flexibility index (Phi) is 5.60. The van der Waals surface area contributed by atoms with Gasteiger partial charge in [0.05, 0.1) is 20.2 Å². The number of aromatic nitrogens is 3. The first-order valence-electron chi connectivity index (χ1n) is 8.82. The molecule has 3 rings (SSSR count). The van der Waals surface area contributed by atoms with Crippen molar-refractivity contribution in [3.8, 4) is 11.5 Å². The van der Waals surface area contributed by atoms with Crippen LogP contribution in [0.4, 0.5) is 0 Å². The minimum absolute atomic E-state index is 0.207. The Bertz CT molecular complexity index is 786. The summed E-state index contributed by atoms with van der Waals surface area (Å²) in [5.74, 6) is 3.33. The largest absolute Gasteiger partial charge is 0.496 e. The van der Waals surface area contributed by atoms with Crippen molar-refractivity contribution in [2.45, 2.75) is 39.5 Å². The minimum atomic E-state index is 0.207. The second-order valence-electron chi connectivity index (χ2n) is 6.25. The Labute approximate surface area is 153 Å². The van der Waals surface area contributed by atoms with E-state index in [0.717, 1.165) is 35.9 Å². The molecular formula is C18H26N6O2. The smallest absolute Gasteiger partial charge is 0.191 e. The highest BCUT2D eigenvalue weighted by atomic mass is 16.5. The Hall–Kier alpha value is -2.77. The molecule has 0 saturated heterocycles. The van der Waals surface area contributed by atoms with Crippen molar-refractivity contribution in [1.82, 2.24) is 25.4 Å². The zero-order chi connectivity index (χ0) is 18.5. The van der Waals surface area contributed by atoms with Crippen LogP contribution in [0.2, 0.25) is 0 Å². The molecule has 1 aliphatic rings. The average molecular weight is 358 g/mol. The molecule has 0 amide bonds. The van der Waals surface area contributed by atoms with Gasteiger partial charge in [-0.25, -0.2) is 9.98 Å². The zero-order valence-corrected chi connectivity index (χ0v) is 15.7. The monoisotopic (exact) mass is 358 g/mol. The summed E-state index contributed by atoms with van der Waals surface area (Å²) in [5.41, 5.74) is 2.19. The predicted molar refractivity (Wildman–Crippen MR) is 99.4 cm³/mol. The van der Waals surface area contributed by atoms with E-state index >= 15 is 0 Å². The highest BCUT2D eigenvalue weighted by Crippen LogP contribution is 2.35. The lowest BCUT2D eigenvalue weighted by Crippen LogP contribution is -2.37. The number of nitrogens with zero attached hydrogens (tertiary/aromatic N) is 4. The van der Waals surface area contributed by atoms with Gasteiger partial charge in [0.2, 0.25) is 0 Å². The standard InChI is InChI=1S/C18H26N6O2/c1-5-19-18(21-10-17-22-11-23-24(17)3)20-9-14-8-16-13(6-12(2)26-16)7-15(14)25-4/h7-8,11-12H,5-6,9-10H2,1-4H3,(H2,19,20,21). The Morgan fingerprint density at radius 2 is 2.27 bits per heavy atom. The van der Waals surface area contributed by atoms with E-state index in [0.29, 0.717) is 19.0 Å². The van der Waals surface area contributed by atoms with Crippen molar-refractivity contribution in [3.63, 3.8) is 0 Å². The van der Waals surface area contributed by atoms with Crippen LogP contribution in [0.15, 0.2) is 23.5 Å². The second kappa shape index (κ2) is 8.07. The average Bonchev–Trinajstić information content (AvgIpc) is 3.20. The van der Waals surface area contributed by atoms with Gasteiger partial charge in [0.1, 0.15) is 29.8 Å².